The third-order valence-electron chi connectivity index (χ3n) is 2.71. The Kier molecular flexibility index (Phi) is 3.56. The normalized spacial score (nSPS) is 18.7. The van der Waals surface area contributed by atoms with Crippen molar-refractivity contribution in [3.05, 3.63) is 17.3 Å². The number of nitrogens with one attached hydrogen (secondary N) is 1. The fourth-order valence-corrected chi connectivity index (χ4v) is 1.69. The zero-order valence-electron chi connectivity index (χ0n) is 9.15. The van der Waals surface area contributed by atoms with E-state index in [-0.39, 0.29) is 11.1 Å². The number of amides is 1. The first-order chi connectivity index (χ1) is 8.10. The van der Waals surface area contributed by atoms with E-state index in [0.717, 1.165) is 0 Å². The number of nitrogens with zero attached hydrogens (tertiary/aromatic N) is 2. The van der Waals surface area contributed by atoms with Crippen LogP contribution in [0.1, 0.15) is 12.8 Å². The molecule has 0 unspecified atom stereocenters. The molecule has 2 rings (SSSR count). The summed E-state index contributed by atoms with van der Waals surface area (Å²) in [6.45, 7) is 0.992. The maximum atomic E-state index is 12.0. The Balaban J connectivity index is 2.03. The number of hydrogen-bond donors (Lipinski definition) is 2. The molecule has 1 aliphatic rings. The van der Waals surface area contributed by atoms with Gasteiger partial charge < -0.3 is 15.8 Å². The minimum atomic E-state index is -0.889. The van der Waals surface area contributed by atoms with Gasteiger partial charge in [0.2, 0.25) is 5.91 Å². The first-order valence-electron chi connectivity index (χ1n) is 5.27. The van der Waals surface area contributed by atoms with Crippen LogP contribution in [-0.4, -0.2) is 34.9 Å². The smallest absolute Gasteiger partial charge is 0.245 e. The molecule has 1 aromatic heterocycles. The van der Waals surface area contributed by atoms with E-state index in [1.165, 1.54) is 0 Å². The molecule has 0 saturated carbocycles. The average Bonchev–Trinajstić information content (AvgIpc) is 2.33. The van der Waals surface area contributed by atoms with Gasteiger partial charge in [-0.2, -0.15) is 0 Å². The second-order valence-electron chi connectivity index (χ2n) is 3.96. The lowest BCUT2D eigenvalue weighted by Gasteiger charge is -2.31. The van der Waals surface area contributed by atoms with Crippen LogP contribution in [0, 0.1) is 0 Å². The van der Waals surface area contributed by atoms with Crippen molar-refractivity contribution in [2.75, 3.05) is 18.5 Å². The third-order valence-corrected chi connectivity index (χ3v) is 2.91. The fourth-order valence-electron chi connectivity index (χ4n) is 1.59. The number of carbonyl (C=O) groups is 1. The van der Waals surface area contributed by atoms with E-state index in [1.807, 2.05) is 0 Å². The topological polar surface area (TPSA) is 90.1 Å². The maximum absolute atomic E-state index is 12.0. The van der Waals surface area contributed by atoms with Crippen molar-refractivity contribution in [1.29, 1.82) is 0 Å². The van der Waals surface area contributed by atoms with Gasteiger partial charge in [0, 0.05) is 13.2 Å². The molecule has 0 aliphatic carbocycles. The molecule has 0 bridgehead atoms. The molecule has 1 saturated heterocycles. The SMILES string of the molecule is NC1(C(=O)Nc2ccc(Cl)nn2)CCOCC1. The highest BCUT2D eigenvalue weighted by Gasteiger charge is 2.36. The molecule has 7 heteroatoms. The summed E-state index contributed by atoms with van der Waals surface area (Å²) in [6, 6.07) is 3.13. The van der Waals surface area contributed by atoms with Gasteiger partial charge in [0.05, 0.1) is 0 Å². The van der Waals surface area contributed by atoms with Crippen LogP contribution in [0.25, 0.3) is 0 Å². The van der Waals surface area contributed by atoms with Crippen LogP contribution in [0.2, 0.25) is 5.15 Å². The predicted octanol–water partition coefficient (Wildman–Crippen LogP) is 0.576. The lowest BCUT2D eigenvalue weighted by atomic mass is 9.90. The monoisotopic (exact) mass is 256 g/mol. The molecule has 1 aliphatic heterocycles. The largest absolute Gasteiger partial charge is 0.381 e. The lowest BCUT2D eigenvalue weighted by molar-refractivity contribution is -0.124. The summed E-state index contributed by atoms with van der Waals surface area (Å²) < 4.78 is 5.18. The minimum absolute atomic E-state index is 0.266. The van der Waals surface area contributed by atoms with Crippen molar-refractivity contribution in [1.82, 2.24) is 10.2 Å². The van der Waals surface area contributed by atoms with Crippen LogP contribution >= 0.6 is 11.6 Å². The lowest BCUT2D eigenvalue weighted by Crippen LogP contribution is -2.54. The Hall–Kier alpha value is -1.24. The molecule has 0 radical (unpaired) electrons. The fraction of sp³-hybridized carbons (Fsp3) is 0.500. The summed E-state index contributed by atoms with van der Waals surface area (Å²) in [4.78, 5) is 12.0. The number of aromatic nitrogens is 2. The summed E-state index contributed by atoms with van der Waals surface area (Å²) in [7, 11) is 0. The molecule has 1 aromatic rings. The highest BCUT2D eigenvalue weighted by Crippen LogP contribution is 2.19. The molecule has 3 N–H and O–H groups in total. The second-order valence-corrected chi connectivity index (χ2v) is 4.35. The highest BCUT2D eigenvalue weighted by molar-refractivity contribution is 6.29. The number of carbonyl (C=O) groups excluding carboxylic acids is 1. The van der Waals surface area contributed by atoms with Crippen molar-refractivity contribution < 1.29 is 9.53 Å². The molecular weight excluding hydrogens is 244 g/mol. The summed E-state index contributed by atoms with van der Waals surface area (Å²) in [5.74, 6) is 0.0770. The maximum Gasteiger partial charge on any atom is 0.245 e. The van der Waals surface area contributed by atoms with Crippen LogP contribution < -0.4 is 11.1 Å². The van der Waals surface area contributed by atoms with E-state index >= 15 is 0 Å². The molecule has 0 aromatic carbocycles. The quantitative estimate of drug-likeness (QED) is 0.808. The van der Waals surface area contributed by atoms with Gasteiger partial charge >= 0.3 is 0 Å². The molecule has 6 nitrogen and oxygen atoms in total. The second kappa shape index (κ2) is 4.95. The van der Waals surface area contributed by atoms with Crippen molar-refractivity contribution in [2.45, 2.75) is 18.4 Å². The average molecular weight is 257 g/mol. The number of ether oxygens (including phenoxy) is 1. The number of halogens is 1. The van der Waals surface area contributed by atoms with Crippen LogP contribution in [-0.2, 0) is 9.53 Å². The highest BCUT2D eigenvalue weighted by atomic mass is 35.5. The van der Waals surface area contributed by atoms with Gasteiger partial charge in [-0.3, -0.25) is 4.79 Å². The Morgan fingerprint density at radius 1 is 1.41 bits per heavy atom. The number of nitrogens with two attached hydrogens (primary N) is 1. The zero-order chi connectivity index (χ0) is 12.3. The summed E-state index contributed by atoms with van der Waals surface area (Å²) in [5.41, 5.74) is 5.12. The van der Waals surface area contributed by atoms with Gasteiger partial charge in [0.1, 0.15) is 5.54 Å². The first-order valence-corrected chi connectivity index (χ1v) is 5.65. The zero-order valence-corrected chi connectivity index (χ0v) is 9.91. The molecule has 1 fully saturated rings. The van der Waals surface area contributed by atoms with E-state index in [1.54, 1.807) is 12.1 Å². The Labute approximate surface area is 103 Å². The van der Waals surface area contributed by atoms with Crippen LogP contribution in [0.5, 0.6) is 0 Å². The molecule has 2 heterocycles. The summed E-state index contributed by atoms with van der Waals surface area (Å²) in [6.07, 6.45) is 1.000. The van der Waals surface area contributed by atoms with Crippen LogP contribution in [0.4, 0.5) is 5.82 Å². The standard InChI is InChI=1S/C10H13ClN4O2/c11-7-1-2-8(15-14-7)13-9(16)10(12)3-5-17-6-4-10/h1-2H,3-6,12H2,(H,13,15,16). The molecule has 17 heavy (non-hydrogen) atoms. The molecule has 1 amide bonds. The minimum Gasteiger partial charge on any atom is -0.381 e. The molecular formula is C10H13ClN4O2. The van der Waals surface area contributed by atoms with Gasteiger partial charge in [0.25, 0.3) is 0 Å². The van der Waals surface area contributed by atoms with Gasteiger partial charge in [-0.25, -0.2) is 0 Å². The van der Waals surface area contributed by atoms with Crippen LogP contribution in [0.3, 0.4) is 0 Å². The number of rotatable bonds is 2. The van der Waals surface area contributed by atoms with Crippen molar-refractivity contribution >= 4 is 23.3 Å². The van der Waals surface area contributed by atoms with E-state index in [2.05, 4.69) is 15.5 Å². The summed E-state index contributed by atoms with van der Waals surface area (Å²) >= 11 is 5.60. The molecule has 92 valence electrons. The van der Waals surface area contributed by atoms with E-state index in [9.17, 15) is 4.79 Å². The van der Waals surface area contributed by atoms with Gasteiger partial charge in [-0.05, 0) is 25.0 Å². The predicted molar refractivity (Wildman–Crippen MR) is 62.6 cm³/mol. The van der Waals surface area contributed by atoms with Crippen molar-refractivity contribution in [3.8, 4) is 0 Å². The van der Waals surface area contributed by atoms with E-state index < -0.39 is 5.54 Å². The van der Waals surface area contributed by atoms with Gasteiger partial charge in [0.15, 0.2) is 11.0 Å². The molecule has 0 spiro atoms. The van der Waals surface area contributed by atoms with Crippen molar-refractivity contribution in [2.24, 2.45) is 5.73 Å². The molecule has 0 atom stereocenters. The Bertz CT molecular complexity index is 403. The van der Waals surface area contributed by atoms with E-state index in [0.29, 0.717) is 31.9 Å². The number of anilines is 1. The third kappa shape index (κ3) is 2.91. The first kappa shape index (κ1) is 12.2. The Morgan fingerprint density at radius 2 is 2.12 bits per heavy atom. The van der Waals surface area contributed by atoms with Crippen LogP contribution in [0.15, 0.2) is 12.1 Å². The summed E-state index contributed by atoms with van der Waals surface area (Å²) in [5, 5.41) is 10.3. The van der Waals surface area contributed by atoms with Crippen molar-refractivity contribution in [3.63, 3.8) is 0 Å². The Morgan fingerprint density at radius 3 is 2.71 bits per heavy atom. The number of hydrogen-bond acceptors (Lipinski definition) is 5. The van der Waals surface area contributed by atoms with Gasteiger partial charge in [-0.1, -0.05) is 11.6 Å². The van der Waals surface area contributed by atoms with Gasteiger partial charge in [-0.15, -0.1) is 10.2 Å². The van der Waals surface area contributed by atoms with E-state index in [4.69, 9.17) is 22.1 Å².